The highest BCUT2D eigenvalue weighted by molar-refractivity contribution is 7.16. The number of piperidine rings is 1. The van der Waals surface area contributed by atoms with Gasteiger partial charge in [0.1, 0.15) is 10.7 Å². The number of hydrogen-bond donors (Lipinski definition) is 2. The first kappa shape index (κ1) is 18.9. The standard InChI is InChI=1S/C22H25N3O2S/c1-15-16(2)28-22(24-21(26)18-10-8-14-27-18)19(15)20(17-9-4-5-11-23-17)25-12-6-3-7-13-25/h4-5,8-11,14,20H,3,6-7,12-13H2,1-2H3,(H,24,26)/p+1. The van der Waals surface area contributed by atoms with E-state index in [-0.39, 0.29) is 11.9 Å². The van der Waals surface area contributed by atoms with Gasteiger partial charge >= 0.3 is 0 Å². The Labute approximate surface area is 169 Å². The van der Waals surface area contributed by atoms with Crippen LogP contribution in [-0.2, 0) is 0 Å². The number of carbonyl (C=O) groups excluding carboxylic acids is 1. The molecule has 4 heterocycles. The van der Waals surface area contributed by atoms with Gasteiger partial charge in [-0.1, -0.05) is 6.07 Å². The van der Waals surface area contributed by atoms with Gasteiger partial charge in [0.2, 0.25) is 0 Å². The molecule has 0 spiro atoms. The van der Waals surface area contributed by atoms with Crippen molar-refractivity contribution in [2.24, 2.45) is 0 Å². The van der Waals surface area contributed by atoms with E-state index < -0.39 is 0 Å². The van der Waals surface area contributed by atoms with E-state index in [0.717, 1.165) is 23.8 Å². The summed E-state index contributed by atoms with van der Waals surface area (Å²) >= 11 is 1.64. The molecule has 3 aromatic heterocycles. The number of rotatable bonds is 5. The number of aryl methyl sites for hydroxylation is 1. The summed E-state index contributed by atoms with van der Waals surface area (Å²) in [7, 11) is 0. The van der Waals surface area contributed by atoms with Crippen LogP contribution >= 0.6 is 11.3 Å². The molecule has 0 radical (unpaired) electrons. The molecule has 146 valence electrons. The summed E-state index contributed by atoms with van der Waals surface area (Å²) in [4.78, 5) is 20.1. The van der Waals surface area contributed by atoms with Crippen LogP contribution in [0.4, 0.5) is 5.00 Å². The van der Waals surface area contributed by atoms with Crippen molar-refractivity contribution in [2.75, 3.05) is 18.4 Å². The van der Waals surface area contributed by atoms with Gasteiger partial charge in [-0.05, 0) is 62.9 Å². The van der Waals surface area contributed by atoms with E-state index in [2.05, 4.69) is 25.2 Å². The smallest absolute Gasteiger partial charge is 0.291 e. The van der Waals surface area contributed by atoms with Crippen LogP contribution in [-0.4, -0.2) is 24.0 Å². The molecule has 1 atom stereocenters. The zero-order valence-corrected chi connectivity index (χ0v) is 17.1. The first-order valence-electron chi connectivity index (χ1n) is 9.85. The summed E-state index contributed by atoms with van der Waals surface area (Å²) in [6.07, 6.45) is 7.14. The highest BCUT2D eigenvalue weighted by Gasteiger charge is 2.34. The minimum Gasteiger partial charge on any atom is -0.459 e. The lowest BCUT2D eigenvalue weighted by Crippen LogP contribution is -3.13. The molecule has 28 heavy (non-hydrogen) atoms. The third-order valence-corrected chi connectivity index (χ3v) is 6.72. The molecule has 1 fully saturated rings. The van der Waals surface area contributed by atoms with E-state index in [1.807, 2.05) is 18.3 Å². The molecule has 3 aromatic rings. The topological polar surface area (TPSA) is 59.6 Å². The fourth-order valence-corrected chi connectivity index (χ4v) is 5.15. The molecule has 6 heteroatoms. The van der Waals surface area contributed by atoms with Crippen LogP contribution in [0, 0.1) is 13.8 Å². The largest absolute Gasteiger partial charge is 0.459 e. The van der Waals surface area contributed by atoms with Crippen molar-refractivity contribution in [1.29, 1.82) is 0 Å². The number of furan rings is 1. The van der Waals surface area contributed by atoms with E-state index in [9.17, 15) is 4.79 Å². The number of carbonyl (C=O) groups is 1. The molecular weight excluding hydrogens is 370 g/mol. The van der Waals surface area contributed by atoms with Gasteiger partial charge in [0, 0.05) is 11.1 Å². The molecular formula is C22H26N3O2S+. The molecule has 1 saturated heterocycles. The summed E-state index contributed by atoms with van der Waals surface area (Å²) in [5, 5.41) is 4.02. The average Bonchev–Trinajstić information content (AvgIpc) is 3.35. The Kier molecular flexibility index (Phi) is 5.59. The third-order valence-electron chi connectivity index (χ3n) is 5.58. The van der Waals surface area contributed by atoms with Gasteiger partial charge in [0.15, 0.2) is 11.8 Å². The van der Waals surface area contributed by atoms with E-state index in [0.29, 0.717) is 5.76 Å². The SMILES string of the molecule is Cc1sc(NC(=O)c2ccco2)c(C(c2ccccn2)[NH+]2CCCCC2)c1C. The Bertz CT molecular complexity index is 928. The zero-order valence-electron chi connectivity index (χ0n) is 16.3. The number of nitrogens with zero attached hydrogens (tertiary/aromatic N) is 1. The zero-order chi connectivity index (χ0) is 19.5. The number of quaternary nitrogens is 1. The lowest BCUT2D eigenvalue weighted by atomic mass is 9.96. The van der Waals surface area contributed by atoms with Crippen LogP contribution in [0.25, 0.3) is 0 Å². The van der Waals surface area contributed by atoms with Crippen LogP contribution in [0.2, 0.25) is 0 Å². The monoisotopic (exact) mass is 396 g/mol. The van der Waals surface area contributed by atoms with E-state index in [1.54, 1.807) is 23.5 Å². The predicted octanol–water partition coefficient (Wildman–Crippen LogP) is 3.76. The van der Waals surface area contributed by atoms with Gasteiger partial charge in [-0.2, -0.15) is 0 Å². The van der Waals surface area contributed by atoms with Crippen LogP contribution in [0.15, 0.2) is 47.2 Å². The second-order valence-corrected chi connectivity index (χ2v) is 8.59. The molecule has 0 bridgehead atoms. The highest BCUT2D eigenvalue weighted by Crippen LogP contribution is 2.38. The number of amides is 1. The Morgan fingerprint density at radius 2 is 2.00 bits per heavy atom. The highest BCUT2D eigenvalue weighted by atomic mass is 32.1. The van der Waals surface area contributed by atoms with Crippen molar-refractivity contribution < 1.29 is 14.1 Å². The van der Waals surface area contributed by atoms with E-state index >= 15 is 0 Å². The molecule has 5 nitrogen and oxygen atoms in total. The van der Waals surface area contributed by atoms with Crippen molar-refractivity contribution in [3.8, 4) is 0 Å². The lowest BCUT2D eigenvalue weighted by Gasteiger charge is -2.32. The van der Waals surface area contributed by atoms with E-state index in [1.165, 1.54) is 46.4 Å². The fourth-order valence-electron chi connectivity index (χ4n) is 4.06. The second-order valence-electron chi connectivity index (χ2n) is 7.36. The molecule has 2 N–H and O–H groups in total. The van der Waals surface area contributed by atoms with Crippen molar-refractivity contribution in [3.05, 3.63) is 70.3 Å². The summed E-state index contributed by atoms with van der Waals surface area (Å²) in [5.41, 5.74) is 3.50. The minimum absolute atomic E-state index is 0.123. The maximum Gasteiger partial charge on any atom is 0.291 e. The summed E-state index contributed by atoms with van der Waals surface area (Å²) in [6.45, 7) is 6.53. The quantitative estimate of drug-likeness (QED) is 0.690. The van der Waals surface area contributed by atoms with Crippen molar-refractivity contribution in [1.82, 2.24) is 4.98 Å². The van der Waals surface area contributed by atoms with Crippen LogP contribution < -0.4 is 10.2 Å². The van der Waals surface area contributed by atoms with Crippen molar-refractivity contribution >= 4 is 22.2 Å². The maximum atomic E-state index is 12.7. The normalized spacial score (nSPS) is 16.1. The first-order chi connectivity index (χ1) is 13.6. The predicted molar refractivity (Wildman–Crippen MR) is 111 cm³/mol. The molecule has 0 aromatic carbocycles. The molecule has 0 saturated carbocycles. The molecule has 4 rings (SSSR count). The van der Waals surface area contributed by atoms with Gasteiger partial charge in [-0.15, -0.1) is 11.3 Å². The summed E-state index contributed by atoms with van der Waals surface area (Å²) < 4.78 is 5.28. The van der Waals surface area contributed by atoms with Gasteiger partial charge in [0.05, 0.1) is 24.9 Å². The Morgan fingerprint density at radius 3 is 2.68 bits per heavy atom. The Hall–Kier alpha value is -2.44. The average molecular weight is 397 g/mol. The third kappa shape index (κ3) is 3.75. The van der Waals surface area contributed by atoms with Crippen molar-refractivity contribution in [3.63, 3.8) is 0 Å². The Morgan fingerprint density at radius 1 is 1.18 bits per heavy atom. The van der Waals surface area contributed by atoms with Gasteiger partial charge < -0.3 is 14.6 Å². The first-order valence-corrected chi connectivity index (χ1v) is 10.7. The molecule has 0 aliphatic carbocycles. The number of thiophene rings is 1. The number of likely N-dealkylation sites (tertiary alicyclic amines) is 1. The van der Waals surface area contributed by atoms with Gasteiger partial charge in [0.25, 0.3) is 5.91 Å². The van der Waals surface area contributed by atoms with Gasteiger partial charge in [-0.3, -0.25) is 9.78 Å². The van der Waals surface area contributed by atoms with Crippen LogP contribution in [0.5, 0.6) is 0 Å². The summed E-state index contributed by atoms with van der Waals surface area (Å²) in [6, 6.07) is 9.66. The second kappa shape index (κ2) is 8.29. The van der Waals surface area contributed by atoms with Crippen LogP contribution in [0.1, 0.15) is 57.6 Å². The van der Waals surface area contributed by atoms with Crippen LogP contribution in [0.3, 0.4) is 0 Å². The number of nitrogens with one attached hydrogen (secondary N) is 2. The van der Waals surface area contributed by atoms with Gasteiger partial charge in [-0.25, -0.2) is 0 Å². The summed E-state index contributed by atoms with van der Waals surface area (Å²) in [5.74, 6) is 0.121. The Balaban J connectivity index is 1.76. The number of aromatic nitrogens is 1. The minimum atomic E-state index is -0.207. The molecule has 1 unspecified atom stereocenters. The molecule has 1 amide bonds. The molecule has 1 aliphatic heterocycles. The maximum absolute atomic E-state index is 12.7. The van der Waals surface area contributed by atoms with E-state index in [4.69, 9.17) is 9.40 Å². The number of hydrogen-bond acceptors (Lipinski definition) is 4. The lowest BCUT2D eigenvalue weighted by molar-refractivity contribution is -0.930. The van der Waals surface area contributed by atoms with Crippen molar-refractivity contribution in [2.45, 2.75) is 39.2 Å². The number of pyridine rings is 1. The molecule has 1 aliphatic rings. The fraction of sp³-hybridized carbons (Fsp3) is 0.364. The number of anilines is 1.